The van der Waals surface area contributed by atoms with Crippen LogP contribution < -0.4 is 15.4 Å². The molecule has 0 saturated heterocycles. The van der Waals surface area contributed by atoms with Crippen LogP contribution >= 0.6 is 0 Å². The second kappa shape index (κ2) is 8.86. The molecule has 9 heteroatoms. The third-order valence-electron chi connectivity index (χ3n) is 8.75. The van der Waals surface area contributed by atoms with Crippen LogP contribution in [0.5, 0.6) is 5.75 Å². The van der Waals surface area contributed by atoms with Crippen molar-refractivity contribution in [2.75, 3.05) is 11.9 Å². The summed E-state index contributed by atoms with van der Waals surface area (Å²) < 4.78 is 8.06. The third kappa shape index (κ3) is 4.17. The van der Waals surface area contributed by atoms with Crippen LogP contribution in [0.15, 0.2) is 30.9 Å². The molecular formula is C29H37N7O2. The Morgan fingerprint density at radius 3 is 2.63 bits per heavy atom. The number of nitrogens with zero attached hydrogens (tertiary/aromatic N) is 5. The molecule has 2 aliphatic carbocycles. The van der Waals surface area contributed by atoms with Gasteiger partial charge in [-0.15, -0.1) is 10.2 Å². The molecule has 2 saturated carbocycles. The molecule has 2 N–H and O–H groups in total. The van der Waals surface area contributed by atoms with Gasteiger partial charge in [-0.05, 0) is 62.6 Å². The van der Waals surface area contributed by atoms with E-state index in [-0.39, 0.29) is 22.3 Å². The Bertz CT molecular complexity index is 1390. The molecule has 1 aliphatic heterocycles. The van der Waals surface area contributed by atoms with Crippen LogP contribution in [-0.2, 0) is 24.4 Å². The van der Waals surface area contributed by atoms with Crippen LogP contribution in [0.2, 0.25) is 0 Å². The van der Waals surface area contributed by atoms with E-state index in [0.29, 0.717) is 30.5 Å². The minimum atomic E-state index is -0.258. The number of fused-ring (bicyclic) bond motifs is 1. The maximum absolute atomic E-state index is 13.5. The Morgan fingerprint density at radius 2 is 1.97 bits per heavy atom. The van der Waals surface area contributed by atoms with E-state index in [2.05, 4.69) is 53.5 Å². The van der Waals surface area contributed by atoms with Gasteiger partial charge in [-0.1, -0.05) is 20.8 Å². The fraction of sp³-hybridized carbons (Fsp3) is 0.552. The van der Waals surface area contributed by atoms with Crippen molar-refractivity contribution in [3.63, 3.8) is 0 Å². The monoisotopic (exact) mass is 515 g/mol. The summed E-state index contributed by atoms with van der Waals surface area (Å²) in [4.78, 5) is 22.8. The maximum atomic E-state index is 13.5. The van der Waals surface area contributed by atoms with Crippen molar-refractivity contribution in [3.8, 4) is 5.75 Å². The quantitative estimate of drug-likeness (QED) is 0.484. The van der Waals surface area contributed by atoms with E-state index in [4.69, 9.17) is 9.72 Å². The standard InChI is InChI=1S/C29H37N7O2/c1-18-11-29(12-18,26-35-32-17-36(26)5)20-10-21(15-30-14-20)33-25(37)22-9-19(13-31-28(4)7-6-8-28)23-24(34-22)27(2,3)16-38-23/h9-10,14-15,17-18,31H,6-8,11-13,16H2,1-5H3,(H,33,37). The summed E-state index contributed by atoms with van der Waals surface area (Å²) in [5, 5.41) is 15.3. The fourth-order valence-corrected chi connectivity index (χ4v) is 6.33. The number of nitrogens with one attached hydrogen (secondary N) is 2. The van der Waals surface area contributed by atoms with Crippen molar-refractivity contribution >= 4 is 11.6 Å². The molecule has 3 aromatic heterocycles. The zero-order chi connectivity index (χ0) is 26.7. The number of pyridine rings is 2. The predicted octanol–water partition coefficient (Wildman–Crippen LogP) is 4.28. The molecule has 0 spiro atoms. The van der Waals surface area contributed by atoms with Gasteiger partial charge >= 0.3 is 0 Å². The molecule has 6 rings (SSSR count). The molecule has 0 aromatic carbocycles. The van der Waals surface area contributed by atoms with Gasteiger partial charge in [-0.25, -0.2) is 4.98 Å². The van der Waals surface area contributed by atoms with E-state index in [1.807, 2.05) is 29.9 Å². The zero-order valence-electron chi connectivity index (χ0n) is 23.0. The highest BCUT2D eigenvalue weighted by molar-refractivity contribution is 6.03. The normalized spacial score (nSPS) is 24.6. The Balaban J connectivity index is 1.28. The number of hydrogen-bond donors (Lipinski definition) is 2. The van der Waals surface area contributed by atoms with Crippen molar-refractivity contribution in [2.45, 2.75) is 82.7 Å². The summed E-state index contributed by atoms with van der Waals surface area (Å²) in [5.41, 5.74) is 3.55. The number of hydrogen-bond acceptors (Lipinski definition) is 7. The highest BCUT2D eigenvalue weighted by Gasteiger charge is 2.48. The lowest BCUT2D eigenvalue weighted by molar-refractivity contribution is 0.102. The van der Waals surface area contributed by atoms with E-state index >= 15 is 0 Å². The second-order valence-corrected chi connectivity index (χ2v) is 12.6. The second-order valence-electron chi connectivity index (χ2n) is 12.6. The average molecular weight is 516 g/mol. The van der Waals surface area contributed by atoms with Crippen molar-refractivity contribution < 1.29 is 9.53 Å². The van der Waals surface area contributed by atoms with Gasteiger partial charge < -0.3 is 19.9 Å². The maximum Gasteiger partial charge on any atom is 0.274 e. The van der Waals surface area contributed by atoms with Crippen molar-refractivity contribution in [1.82, 2.24) is 30.0 Å². The van der Waals surface area contributed by atoms with Crippen LogP contribution in [0.1, 0.15) is 92.9 Å². The van der Waals surface area contributed by atoms with E-state index < -0.39 is 0 Å². The van der Waals surface area contributed by atoms with E-state index in [0.717, 1.165) is 54.1 Å². The molecule has 0 unspecified atom stereocenters. The van der Waals surface area contributed by atoms with E-state index in [9.17, 15) is 4.79 Å². The lowest BCUT2D eigenvalue weighted by Gasteiger charge is -2.45. The Labute approximate surface area is 223 Å². The van der Waals surface area contributed by atoms with Gasteiger partial charge in [0.25, 0.3) is 5.91 Å². The minimum Gasteiger partial charge on any atom is -0.490 e. The molecule has 3 aromatic rings. The Morgan fingerprint density at radius 1 is 1.18 bits per heavy atom. The first-order chi connectivity index (χ1) is 18.1. The third-order valence-corrected chi connectivity index (χ3v) is 8.75. The zero-order valence-corrected chi connectivity index (χ0v) is 23.0. The molecule has 0 atom stereocenters. The van der Waals surface area contributed by atoms with Gasteiger partial charge in [0.05, 0.1) is 29.6 Å². The summed E-state index contributed by atoms with van der Waals surface area (Å²) in [5.74, 6) is 2.08. The predicted molar refractivity (Wildman–Crippen MR) is 144 cm³/mol. The molecule has 3 aliphatic rings. The highest BCUT2D eigenvalue weighted by Crippen LogP contribution is 2.51. The van der Waals surface area contributed by atoms with Crippen molar-refractivity contribution in [1.29, 1.82) is 0 Å². The van der Waals surface area contributed by atoms with E-state index in [1.54, 1.807) is 12.5 Å². The summed E-state index contributed by atoms with van der Waals surface area (Å²) >= 11 is 0. The fourth-order valence-electron chi connectivity index (χ4n) is 6.33. The van der Waals surface area contributed by atoms with Crippen LogP contribution in [0.4, 0.5) is 5.69 Å². The smallest absolute Gasteiger partial charge is 0.274 e. The lowest BCUT2D eigenvalue weighted by Crippen LogP contribution is -2.47. The van der Waals surface area contributed by atoms with Gasteiger partial charge in [0.1, 0.15) is 23.6 Å². The van der Waals surface area contributed by atoms with Gasteiger partial charge in [0.15, 0.2) is 0 Å². The molecule has 38 heavy (non-hydrogen) atoms. The minimum absolute atomic E-state index is 0.149. The molecular weight excluding hydrogens is 478 g/mol. The molecule has 0 radical (unpaired) electrons. The summed E-state index contributed by atoms with van der Waals surface area (Å²) in [6.45, 7) is 9.92. The van der Waals surface area contributed by atoms with Crippen molar-refractivity contribution in [3.05, 3.63) is 59.2 Å². The summed E-state index contributed by atoms with van der Waals surface area (Å²) in [6.07, 6.45) is 10.8. The topological polar surface area (TPSA) is 107 Å². The SMILES string of the molecule is CC1CC(c2cncc(NC(=O)c3cc(CNC4(C)CCC4)c4c(n3)C(C)(C)CO4)c2)(c2nncn2C)C1. The summed E-state index contributed by atoms with van der Waals surface area (Å²) in [6, 6.07) is 3.89. The van der Waals surface area contributed by atoms with Gasteiger partial charge in [0, 0.05) is 36.3 Å². The number of anilines is 1. The number of aryl methyl sites for hydroxylation is 1. The molecule has 4 heterocycles. The average Bonchev–Trinajstić information content (AvgIpc) is 3.41. The number of carbonyl (C=O) groups excluding carboxylic acids is 1. The number of amides is 1. The highest BCUT2D eigenvalue weighted by atomic mass is 16.5. The lowest BCUT2D eigenvalue weighted by atomic mass is 9.59. The number of rotatable bonds is 7. The van der Waals surface area contributed by atoms with Gasteiger partial charge in [-0.3, -0.25) is 9.78 Å². The van der Waals surface area contributed by atoms with Crippen LogP contribution in [0.25, 0.3) is 0 Å². The Kier molecular flexibility index (Phi) is 5.83. The van der Waals surface area contributed by atoms with Crippen LogP contribution in [0.3, 0.4) is 0 Å². The first-order valence-electron chi connectivity index (χ1n) is 13.6. The number of ether oxygens (including phenoxy) is 1. The van der Waals surface area contributed by atoms with Crippen LogP contribution in [0, 0.1) is 5.92 Å². The number of aromatic nitrogens is 5. The largest absolute Gasteiger partial charge is 0.490 e. The first kappa shape index (κ1) is 25.0. The van der Waals surface area contributed by atoms with Gasteiger partial charge in [-0.2, -0.15) is 0 Å². The Hall–Kier alpha value is -3.33. The van der Waals surface area contributed by atoms with Crippen LogP contribution in [-0.4, -0.2) is 42.8 Å². The van der Waals surface area contributed by atoms with Crippen molar-refractivity contribution in [2.24, 2.45) is 13.0 Å². The first-order valence-corrected chi connectivity index (χ1v) is 13.6. The molecule has 9 nitrogen and oxygen atoms in total. The molecule has 1 amide bonds. The molecule has 0 bridgehead atoms. The number of carbonyl (C=O) groups is 1. The van der Waals surface area contributed by atoms with E-state index in [1.165, 1.54) is 6.42 Å². The summed E-state index contributed by atoms with van der Waals surface area (Å²) in [7, 11) is 1.97. The molecule has 200 valence electrons. The molecule has 2 fully saturated rings. The van der Waals surface area contributed by atoms with Gasteiger partial charge in [0.2, 0.25) is 0 Å².